The molecule has 0 atom stereocenters. The van der Waals surface area contributed by atoms with Gasteiger partial charge < -0.3 is 14.7 Å². The van der Waals surface area contributed by atoms with E-state index in [0.29, 0.717) is 18.7 Å². The van der Waals surface area contributed by atoms with Crippen molar-refractivity contribution in [3.8, 4) is 5.88 Å². The summed E-state index contributed by atoms with van der Waals surface area (Å²) in [5.74, 6) is -0.158. The summed E-state index contributed by atoms with van der Waals surface area (Å²) in [6, 6.07) is 4.52. The molecule has 1 amide bonds. The van der Waals surface area contributed by atoms with E-state index in [9.17, 15) is 14.7 Å². The number of aromatic nitrogens is 3. The number of carbonyl (C=O) groups excluding carboxylic acids is 1. The maximum absolute atomic E-state index is 12.1. The van der Waals surface area contributed by atoms with Gasteiger partial charge >= 0.3 is 6.09 Å². The average Bonchev–Trinajstić information content (AvgIpc) is 2.69. The van der Waals surface area contributed by atoms with E-state index in [0.717, 1.165) is 24.6 Å². The van der Waals surface area contributed by atoms with Crippen molar-refractivity contribution in [3.63, 3.8) is 0 Å². The first-order valence-electron chi connectivity index (χ1n) is 10.3. The first-order valence-corrected chi connectivity index (χ1v) is 10.3. The maximum atomic E-state index is 12.1. The van der Waals surface area contributed by atoms with Crippen molar-refractivity contribution in [2.24, 2.45) is 0 Å². The lowest BCUT2D eigenvalue weighted by atomic mass is 9.93. The number of nitrogens with zero attached hydrogens (tertiary/aromatic N) is 4. The number of carbonyl (C=O) groups is 1. The van der Waals surface area contributed by atoms with E-state index in [1.54, 1.807) is 11.0 Å². The molecule has 0 aliphatic carbocycles. The zero-order valence-electron chi connectivity index (χ0n) is 18.6. The predicted molar refractivity (Wildman–Crippen MR) is 113 cm³/mol. The third-order valence-electron chi connectivity index (χ3n) is 4.09. The molecular formula is C21H34N4O4. The van der Waals surface area contributed by atoms with Gasteiger partial charge in [-0.1, -0.05) is 27.7 Å². The second kappa shape index (κ2) is 10.8. The zero-order valence-corrected chi connectivity index (χ0v) is 18.6. The molecule has 1 fully saturated rings. The molecule has 0 saturated carbocycles. The highest BCUT2D eigenvalue weighted by Gasteiger charge is 2.28. The van der Waals surface area contributed by atoms with Crippen LogP contribution in [0.15, 0.2) is 23.0 Å². The minimum Gasteiger partial charge on any atom is -0.493 e. The van der Waals surface area contributed by atoms with Crippen molar-refractivity contribution in [1.82, 2.24) is 19.5 Å². The van der Waals surface area contributed by atoms with E-state index in [2.05, 4.69) is 10.1 Å². The monoisotopic (exact) mass is 406 g/mol. The number of aromatic hydroxyl groups is 1. The van der Waals surface area contributed by atoms with E-state index < -0.39 is 11.2 Å². The molecule has 2 aromatic heterocycles. The van der Waals surface area contributed by atoms with Gasteiger partial charge in [0.15, 0.2) is 5.65 Å². The third-order valence-corrected chi connectivity index (χ3v) is 4.09. The molecule has 1 aliphatic rings. The van der Waals surface area contributed by atoms with E-state index in [4.69, 9.17) is 4.74 Å². The Morgan fingerprint density at radius 1 is 1.14 bits per heavy atom. The van der Waals surface area contributed by atoms with Crippen LogP contribution in [-0.4, -0.2) is 49.4 Å². The van der Waals surface area contributed by atoms with Gasteiger partial charge in [0, 0.05) is 19.0 Å². The summed E-state index contributed by atoms with van der Waals surface area (Å²) in [5.41, 5.74) is 0.162. The van der Waals surface area contributed by atoms with Gasteiger partial charge in [0.25, 0.3) is 5.56 Å². The molecule has 1 N–H and O–H groups in total. The lowest BCUT2D eigenvalue weighted by Crippen LogP contribution is -2.41. The van der Waals surface area contributed by atoms with Crippen molar-refractivity contribution in [1.29, 1.82) is 0 Å². The molecule has 2 aromatic rings. The number of fused-ring (bicyclic) bond motifs is 1. The topological polar surface area (TPSA) is 97.0 Å². The minimum absolute atomic E-state index is 0.156. The van der Waals surface area contributed by atoms with E-state index in [-0.39, 0.29) is 17.9 Å². The summed E-state index contributed by atoms with van der Waals surface area (Å²) in [5, 5.41) is 13.8. The van der Waals surface area contributed by atoms with Crippen molar-refractivity contribution < 1.29 is 14.6 Å². The molecule has 3 rings (SSSR count). The third kappa shape index (κ3) is 6.73. The summed E-state index contributed by atoms with van der Waals surface area (Å²) >= 11 is 0. The van der Waals surface area contributed by atoms with Crippen LogP contribution in [0.25, 0.3) is 5.65 Å². The fraction of sp³-hybridized carbons (Fsp3) is 0.619. The second-order valence-corrected chi connectivity index (χ2v) is 7.22. The number of ether oxygens (including phenoxy) is 1. The maximum Gasteiger partial charge on any atom is 0.410 e. The molecule has 1 aliphatic heterocycles. The fourth-order valence-corrected chi connectivity index (χ4v) is 2.90. The smallest absolute Gasteiger partial charge is 0.410 e. The van der Waals surface area contributed by atoms with Gasteiger partial charge in [0.2, 0.25) is 5.88 Å². The van der Waals surface area contributed by atoms with Gasteiger partial charge in [-0.3, -0.25) is 4.79 Å². The molecule has 29 heavy (non-hydrogen) atoms. The SMILES string of the molecule is CC.CC.CC(C)(C)OC(=O)N1CCC(c2ccc3nc(O)cc(=O)n3n2)CC1. The lowest BCUT2D eigenvalue weighted by molar-refractivity contribution is 0.0204. The predicted octanol–water partition coefficient (Wildman–Crippen LogP) is 3.96. The Morgan fingerprint density at radius 3 is 2.28 bits per heavy atom. The summed E-state index contributed by atoms with van der Waals surface area (Å²) < 4.78 is 6.59. The largest absolute Gasteiger partial charge is 0.493 e. The minimum atomic E-state index is -0.506. The highest BCUT2D eigenvalue weighted by molar-refractivity contribution is 5.68. The zero-order chi connectivity index (χ0) is 22.2. The van der Waals surface area contributed by atoms with Crippen LogP contribution in [-0.2, 0) is 4.74 Å². The average molecular weight is 407 g/mol. The molecule has 8 heteroatoms. The molecule has 1 saturated heterocycles. The summed E-state index contributed by atoms with van der Waals surface area (Å²) in [6.07, 6.45) is 1.20. The quantitative estimate of drug-likeness (QED) is 0.770. The van der Waals surface area contributed by atoms with Gasteiger partial charge in [-0.25, -0.2) is 4.79 Å². The first kappa shape index (κ1) is 24.4. The standard InChI is InChI=1S/C17H22N4O4.2C2H6/c1-17(2,3)25-16(24)20-8-6-11(7-9-20)12-4-5-13-18-14(22)10-15(23)21(13)19-12;2*1-2/h4-5,10-11,22H,6-9H2,1-3H3;2*1-2H3. The number of rotatable bonds is 1. The molecule has 0 unspecified atom stereocenters. The van der Waals surface area contributed by atoms with Gasteiger partial charge in [-0.15, -0.1) is 0 Å². The Bertz CT molecular complexity index is 850. The fourth-order valence-electron chi connectivity index (χ4n) is 2.90. The Hall–Kier alpha value is -2.64. The van der Waals surface area contributed by atoms with E-state index in [1.165, 1.54) is 4.52 Å². The Kier molecular flexibility index (Phi) is 9.07. The molecule has 3 heterocycles. The summed E-state index contributed by atoms with van der Waals surface area (Å²) in [4.78, 5) is 29.6. The molecule has 0 bridgehead atoms. The number of hydrogen-bond donors (Lipinski definition) is 1. The number of piperidine rings is 1. The van der Waals surface area contributed by atoms with E-state index >= 15 is 0 Å². The van der Waals surface area contributed by atoms with Crippen molar-refractivity contribution in [2.75, 3.05) is 13.1 Å². The Labute approximate surface area is 172 Å². The van der Waals surface area contributed by atoms with Crippen molar-refractivity contribution in [2.45, 2.75) is 72.8 Å². The molecule has 0 spiro atoms. The van der Waals surface area contributed by atoms with Crippen LogP contribution < -0.4 is 5.56 Å². The van der Waals surface area contributed by atoms with Crippen LogP contribution >= 0.6 is 0 Å². The Balaban J connectivity index is 0.000000989. The van der Waals surface area contributed by atoms with Crippen LogP contribution in [0.5, 0.6) is 5.88 Å². The molecule has 0 radical (unpaired) electrons. The first-order chi connectivity index (χ1) is 13.7. The van der Waals surface area contributed by atoms with Crippen molar-refractivity contribution >= 4 is 11.7 Å². The van der Waals surface area contributed by atoms with E-state index in [1.807, 2.05) is 54.5 Å². The summed E-state index contributed by atoms with van der Waals surface area (Å²) in [6.45, 7) is 14.7. The highest BCUT2D eigenvalue weighted by atomic mass is 16.6. The van der Waals surface area contributed by atoms with Crippen LogP contribution in [0, 0.1) is 0 Å². The van der Waals surface area contributed by atoms with Gasteiger partial charge in [0.05, 0.1) is 11.8 Å². The van der Waals surface area contributed by atoms with Crippen LogP contribution in [0.1, 0.15) is 72.9 Å². The van der Waals surface area contributed by atoms with Crippen molar-refractivity contribution in [3.05, 3.63) is 34.2 Å². The molecular weight excluding hydrogens is 372 g/mol. The molecule has 8 nitrogen and oxygen atoms in total. The van der Waals surface area contributed by atoms with Gasteiger partial charge in [-0.2, -0.15) is 14.6 Å². The molecule has 0 aromatic carbocycles. The van der Waals surface area contributed by atoms with Crippen LogP contribution in [0.4, 0.5) is 4.79 Å². The normalized spacial score (nSPS) is 14.4. The number of amides is 1. The number of hydrogen-bond acceptors (Lipinski definition) is 6. The second-order valence-electron chi connectivity index (χ2n) is 7.22. The molecule has 162 valence electrons. The van der Waals surface area contributed by atoms with Crippen LogP contribution in [0.3, 0.4) is 0 Å². The highest BCUT2D eigenvalue weighted by Crippen LogP contribution is 2.27. The summed E-state index contributed by atoms with van der Waals surface area (Å²) in [7, 11) is 0. The van der Waals surface area contributed by atoms with Crippen LogP contribution in [0.2, 0.25) is 0 Å². The number of likely N-dealkylation sites (tertiary alicyclic amines) is 1. The Morgan fingerprint density at radius 2 is 1.72 bits per heavy atom. The van der Waals surface area contributed by atoms with Gasteiger partial charge in [-0.05, 0) is 45.7 Å². The lowest BCUT2D eigenvalue weighted by Gasteiger charge is -2.33. The van der Waals surface area contributed by atoms with Gasteiger partial charge in [0.1, 0.15) is 5.60 Å².